The fourth-order valence-electron chi connectivity index (χ4n) is 5.50. The number of rotatable bonds is 10. The molecule has 1 fully saturated rings. The lowest BCUT2D eigenvalue weighted by molar-refractivity contribution is -0.0590. The maximum Gasteiger partial charge on any atom is 0.335 e. The molecule has 226 valence electrons. The van der Waals surface area contributed by atoms with Crippen LogP contribution in [0.3, 0.4) is 0 Å². The van der Waals surface area contributed by atoms with Gasteiger partial charge in [-0.25, -0.2) is 9.78 Å². The summed E-state index contributed by atoms with van der Waals surface area (Å²) in [6.07, 6.45) is 3.27. The molecule has 44 heavy (non-hydrogen) atoms. The number of nitrogens with zero attached hydrogens (tertiary/aromatic N) is 2. The van der Waals surface area contributed by atoms with E-state index in [9.17, 15) is 20.1 Å². The molecule has 0 unspecified atom stereocenters. The van der Waals surface area contributed by atoms with Gasteiger partial charge in [0.25, 0.3) is 0 Å². The molecule has 4 N–H and O–H groups in total. The van der Waals surface area contributed by atoms with Gasteiger partial charge in [0.15, 0.2) is 0 Å². The lowest BCUT2D eigenvalue weighted by atomic mass is 9.66. The minimum absolute atomic E-state index is 0.000175. The van der Waals surface area contributed by atoms with E-state index in [4.69, 9.17) is 33.3 Å². The summed E-state index contributed by atoms with van der Waals surface area (Å²) in [5.41, 5.74) is 2.28. The van der Waals surface area contributed by atoms with Crippen molar-refractivity contribution in [2.45, 2.75) is 50.7 Å². The fraction of sp³-hybridized carbons (Fsp3) is 0.235. The van der Waals surface area contributed by atoms with Crippen LogP contribution in [0.4, 0.5) is 0 Å². The second-order valence-electron chi connectivity index (χ2n) is 11.1. The molecule has 10 heteroatoms. The second-order valence-corrected chi connectivity index (χ2v) is 11.9. The van der Waals surface area contributed by atoms with Gasteiger partial charge in [-0.3, -0.25) is 10.4 Å². The largest absolute Gasteiger partial charge is 0.507 e. The highest BCUT2D eigenvalue weighted by molar-refractivity contribution is 6.41. The van der Waals surface area contributed by atoms with Crippen LogP contribution in [0.2, 0.25) is 10.0 Å². The molecule has 0 radical (unpaired) electrons. The van der Waals surface area contributed by atoms with E-state index < -0.39 is 17.7 Å². The first-order chi connectivity index (χ1) is 20.9. The molecular weight excluding hydrogens is 601 g/mol. The molecule has 8 nitrogen and oxygen atoms in total. The number of aromatic nitrogens is 2. The first-order valence-corrected chi connectivity index (χ1v) is 14.8. The van der Waals surface area contributed by atoms with E-state index >= 15 is 0 Å². The summed E-state index contributed by atoms with van der Waals surface area (Å²) >= 11 is 12.8. The summed E-state index contributed by atoms with van der Waals surface area (Å²) < 4.78 is 6.02. The van der Waals surface area contributed by atoms with Gasteiger partial charge in [-0.2, -0.15) is 0 Å². The Kier molecular flexibility index (Phi) is 9.06. The van der Waals surface area contributed by atoms with Gasteiger partial charge < -0.3 is 20.1 Å². The fourth-order valence-corrected chi connectivity index (χ4v) is 6.09. The van der Waals surface area contributed by atoms with E-state index in [1.807, 2.05) is 19.1 Å². The Morgan fingerprint density at radius 2 is 1.68 bits per heavy atom. The second kappa shape index (κ2) is 12.8. The van der Waals surface area contributed by atoms with Crippen LogP contribution in [-0.4, -0.2) is 43.1 Å². The highest BCUT2D eigenvalue weighted by Crippen LogP contribution is 2.50. The molecule has 0 amide bonds. The monoisotopic (exact) mass is 631 g/mol. The zero-order valence-electron chi connectivity index (χ0n) is 24.1. The number of hydrogen-bond acceptors (Lipinski definition) is 7. The number of halogens is 2. The smallest absolute Gasteiger partial charge is 0.335 e. The highest BCUT2D eigenvalue weighted by atomic mass is 35.5. The SMILES string of the molecule is Cc1cc(C(=O)O)cc(C2CC(O)(c3cnc(O[C@@H](C)C/C(C(=N)c4c(Cl)cccc4Cl)=C(/O)c4ccccc4)cn3)C2)c1. The van der Waals surface area contributed by atoms with Crippen molar-refractivity contribution < 1.29 is 24.9 Å². The number of carbonyl (C=O) groups is 1. The van der Waals surface area contributed by atoms with Crippen LogP contribution >= 0.6 is 23.2 Å². The summed E-state index contributed by atoms with van der Waals surface area (Å²) in [5.74, 6) is -0.858. The molecule has 1 atom stereocenters. The highest BCUT2D eigenvalue weighted by Gasteiger charge is 2.46. The molecule has 4 aromatic rings. The predicted octanol–water partition coefficient (Wildman–Crippen LogP) is 7.75. The molecule has 0 saturated heterocycles. The van der Waals surface area contributed by atoms with E-state index in [1.54, 1.807) is 61.5 Å². The van der Waals surface area contributed by atoms with Gasteiger partial charge in [-0.15, -0.1) is 0 Å². The third-order valence-corrected chi connectivity index (χ3v) is 8.38. The van der Waals surface area contributed by atoms with Crippen molar-refractivity contribution in [2.24, 2.45) is 0 Å². The average molecular weight is 633 g/mol. The van der Waals surface area contributed by atoms with Crippen molar-refractivity contribution in [2.75, 3.05) is 0 Å². The molecule has 1 heterocycles. The predicted molar refractivity (Wildman–Crippen MR) is 170 cm³/mol. The number of carboxylic acid groups (broad SMARTS) is 1. The van der Waals surface area contributed by atoms with Crippen LogP contribution in [0.25, 0.3) is 5.76 Å². The van der Waals surface area contributed by atoms with E-state index in [0.29, 0.717) is 35.2 Å². The van der Waals surface area contributed by atoms with Crippen LogP contribution in [-0.2, 0) is 5.60 Å². The number of benzene rings is 3. The molecular formula is C34H31Cl2N3O5. The van der Waals surface area contributed by atoms with Gasteiger partial charge in [0.1, 0.15) is 17.5 Å². The summed E-state index contributed by atoms with van der Waals surface area (Å²) in [5, 5.41) is 41.3. The molecule has 1 aliphatic rings. The lowest BCUT2D eigenvalue weighted by Crippen LogP contribution is -2.40. The van der Waals surface area contributed by atoms with Crippen LogP contribution < -0.4 is 4.74 Å². The molecule has 5 rings (SSSR count). The first kappa shape index (κ1) is 31.2. The van der Waals surface area contributed by atoms with Gasteiger partial charge in [-0.1, -0.05) is 65.7 Å². The summed E-state index contributed by atoms with van der Waals surface area (Å²) in [7, 11) is 0. The van der Waals surface area contributed by atoms with Crippen LogP contribution in [0, 0.1) is 12.3 Å². The third kappa shape index (κ3) is 6.63. The van der Waals surface area contributed by atoms with Crippen molar-refractivity contribution >= 4 is 40.6 Å². The van der Waals surface area contributed by atoms with Gasteiger partial charge in [0.2, 0.25) is 5.88 Å². The topological polar surface area (TPSA) is 137 Å². The number of aliphatic hydroxyl groups excluding tert-OH is 1. The summed E-state index contributed by atoms with van der Waals surface area (Å²) in [6.45, 7) is 3.63. The molecule has 0 aliphatic heterocycles. The van der Waals surface area contributed by atoms with E-state index in [0.717, 1.165) is 11.1 Å². The number of ether oxygens (including phenoxy) is 1. The number of hydrogen-bond donors (Lipinski definition) is 4. The van der Waals surface area contributed by atoms with E-state index in [-0.39, 0.29) is 45.3 Å². The van der Waals surface area contributed by atoms with E-state index in [1.165, 1.54) is 12.4 Å². The number of aryl methyl sites for hydroxylation is 1. The van der Waals surface area contributed by atoms with Crippen LogP contribution in [0.15, 0.2) is 84.7 Å². The van der Waals surface area contributed by atoms with Crippen LogP contribution in [0.5, 0.6) is 5.88 Å². The van der Waals surface area contributed by atoms with Crippen molar-refractivity contribution in [1.82, 2.24) is 9.97 Å². The Bertz CT molecular complexity index is 1720. The number of carboxylic acids is 1. The minimum Gasteiger partial charge on any atom is -0.507 e. The number of aromatic carboxylic acids is 1. The minimum atomic E-state index is -1.18. The average Bonchev–Trinajstić information content (AvgIpc) is 2.98. The normalized spacial score (nSPS) is 19.0. The van der Waals surface area contributed by atoms with Crippen molar-refractivity contribution in [3.63, 3.8) is 0 Å². The van der Waals surface area contributed by atoms with Crippen molar-refractivity contribution in [3.05, 3.63) is 128 Å². The van der Waals surface area contributed by atoms with Gasteiger partial charge in [-0.05, 0) is 68.0 Å². The lowest BCUT2D eigenvalue weighted by Gasteiger charge is -2.43. The summed E-state index contributed by atoms with van der Waals surface area (Å²) in [4.78, 5) is 20.2. The molecule has 0 spiro atoms. The Labute approximate surface area is 265 Å². The maximum atomic E-state index is 11.5. The van der Waals surface area contributed by atoms with Crippen molar-refractivity contribution in [3.8, 4) is 5.88 Å². The van der Waals surface area contributed by atoms with Gasteiger partial charge in [0, 0.05) is 23.1 Å². The Morgan fingerprint density at radius 1 is 1.00 bits per heavy atom. The Balaban J connectivity index is 1.30. The molecule has 1 aliphatic carbocycles. The molecule has 3 aromatic carbocycles. The maximum absolute atomic E-state index is 11.5. The number of aliphatic hydroxyl groups is 2. The summed E-state index contributed by atoms with van der Waals surface area (Å²) in [6, 6.07) is 19.1. The Hall–Kier alpha value is -4.24. The quantitative estimate of drug-likeness (QED) is 0.104. The number of nitrogens with one attached hydrogen (secondary N) is 1. The van der Waals surface area contributed by atoms with Gasteiger partial charge in [0.05, 0.1) is 39.4 Å². The molecule has 1 saturated carbocycles. The zero-order valence-corrected chi connectivity index (χ0v) is 25.6. The molecule has 0 bridgehead atoms. The van der Waals surface area contributed by atoms with Gasteiger partial charge >= 0.3 is 5.97 Å². The van der Waals surface area contributed by atoms with Crippen LogP contribution in [0.1, 0.15) is 70.4 Å². The standard InChI is InChI=1S/C34H31Cl2N3O5/c1-19-11-22(14-23(12-19)33(41)42)24-15-34(43,16-24)28-17-39-29(18-38-28)44-20(2)13-25(32(40)21-7-4-3-5-8-21)31(37)30-26(35)9-6-10-27(30)36/h3-12,14,17-18,20,24,37,40,43H,13,15-16H2,1-2H3,(H,41,42)/b32-25-,37-31?/t20-,24?,34?/m0/s1. The van der Waals surface area contributed by atoms with E-state index in [2.05, 4.69) is 9.97 Å². The third-order valence-electron chi connectivity index (χ3n) is 7.75. The Morgan fingerprint density at radius 3 is 2.30 bits per heavy atom. The molecule has 1 aromatic heterocycles. The zero-order chi connectivity index (χ0) is 31.6. The van der Waals surface area contributed by atoms with Crippen molar-refractivity contribution in [1.29, 1.82) is 5.41 Å². The first-order valence-electron chi connectivity index (χ1n) is 14.0.